The Bertz CT molecular complexity index is 818. The predicted molar refractivity (Wildman–Crippen MR) is 102 cm³/mol. The normalized spacial score (nSPS) is 13.4. The summed E-state index contributed by atoms with van der Waals surface area (Å²) in [7, 11) is 3.23. The van der Waals surface area contributed by atoms with Crippen LogP contribution in [0.25, 0.3) is 0 Å². The average molecular weight is 371 g/mol. The molecule has 0 aromatic heterocycles. The Morgan fingerprint density at radius 2 is 1.78 bits per heavy atom. The smallest absolute Gasteiger partial charge is 0.251 e. The molecule has 27 heavy (non-hydrogen) atoms. The molecule has 1 aliphatic heterocycles. The van der Waals surface area contributed by atoms with E-state index in [4.69, 9.17) is 18.9 Å². The molecule has 2 aromatic rings. The highest BCUT2D eigenvalue weighted by Gasteiger charge is 2.21. The van der Waals surface area contributed by atoms with Crippen LogP contribution in [0.15, 0.2) is 36.4 Å². The fourth-order valence-electron chi connectivity index (χ4n) is 3.16. The van der Waals surface area contributed by atoms with Crippen molar-refractivity contribution >= 4 is 5.91 Å². The number of rotatable bonds is 7. The highest BCUT2D eigenvalue weighted by molar-refractivity contribution is 5.95. The van der Waals surface area contributed by atoms with Crippen LogP contribution in [-0.4, -0.2) is 33.5 Å². The number of benzene rings is 2. The van der Waals surface area contributed by atoms with E-state index in [1.165, 1.54) is 0 Å². The van der Waals surface area contributed by atoms with E-state index in [2.05, 4.69) is 19.2 Å². The van der Waals surface area contributed by atoms with Gasteiger partial charge in [0.05, 0.1) is 14.2 Å². The van der Waals surface area contributed by atoms with Crippen molar-refractivity contribution in [3.8, 4) is 23.0 Å². The highest BCUT2D eigenvalue weighted by atomic mass is 16.7. The largest absolute Gasteiger partial charge is 0.493 e. The first-order chi connectivity index (χ1) is 13.0. The first-order valence-electron chi connectivity index (χ1n) is 8.93. The second kappa shape index (κ2) is 8.20. The third kappa shape index (κ3) is 4.10. The third-order valence-corrected chi connectivity index (χ3v) is 4.76. The monoisotopic (exact) mass is 371 g/mol. The van der Waals surface area contributed by atoms with E-state index < -0.39 is 0 Å². The zero-order valence-electron chi connectivity index (χ0n) is 16.1. The zero-order valence-corrected chi connectivity index (χ0v) is 16.1. The summed E-state index contributed by atoms with van der Waals surface area (Å²) in [5.74, 6) is 2.97. The number of amides is 1. The Balaban J connectivity index is 1.72. The number of carbonyl (C=O) groups is 1. The van der Waals surface area contributed by atoms with Gasteiger partial charge in [0.2, 0.25) is 6.79 Å². The quantitative estimate of drug-likeness (QED) is 0.806. The van der Waals surface area contributed by atoms with Crippen LogP contribution in [-0.2, 0) is 0 Å². The molecule has 6 nitrogen and oxygen atoms in total. The van der Waals surface area contributed by atoms with E-state index in [9.17, 15) is 4.79 Å². The molecule has 0 fully saturated rings. The molecule has 1 amide bonds. The molecule has 0 spiro atoms. The van der Waals surface area contributed by atoms with Crippen LogP contribution in [0.4, 0.5) is 0 Å². The lowest BCUT2D eigenvalue weighted by atomic mass is 9.88. The second-order valence-corrected chi connectivity index (χ2v) is 6.74. The lowest BCUT2D eigenvalue weighted by Crippen LogP contribution is -2.30. The average Bonchev–Trinajstić information content (AvgIpc) is 3.15. The van der Waals surface area contributed by atoms with Crippen molar-refractivity contribution in [2.24, 2.45) is 5.92 Å². The first kappa shape index (κ1) is 18.9. The van der Waals surface area contributed by atoms with Crippen LogP contribution in [0.5, 0.6) is 23.0 Å². The topological polar surface area (TPSA) is 66.0 Å². The molecule has 144 valence electrons. The van der Waals surface area contributed by atoms with Crippen LogP contribution in [0.1, 0.15) is 35.7 Å². The summed E-state index contributed by atoms with van der Waals surface area (Å²) in [5.41, 5.74) is 1.64. The Labute approximate surface area is 159 Å². The van der Waals surface area contributed by atoms with E-state index in [-0.39, 0.29) is 18.6 Å². The molecule has 0 saturated heterocycles. The lowest BCUT2D eigenvalue weighted by molar-refractivity contribution is 0.0948. The third-order valence-electron chi connectivity index (χ3n) is 4.76. The summed E-state index contributed by atoms with van der Waals surface area (Å²) >= 11 is 0. The molecule has 1 atom stereocenters. The van der Waals surface area contributed by atoms with Crippen molar-refractivity contribution in [1.29, 1.82) is 0 Å². The minimum atomic E-state index is -0.139. The molecule has 0 radical (unpaired) electrons. The Hall–Kier alpha value is -2.89. The van der Waals surface area contributed by atoms with Gasteiger partial charge in [-0.2, -0.15) is 0 Å². The number of ether oxygens (including phenoxy) is 4. The summed E-state index contributed by atoms with van der Waals surface area (Å²) in [6.45, 7) is 4.97. The van der Waals surface area contributed by atoms with Crippen LogP contribution < -0.4 is 24.3 Å². The molecular formula is C21H25NO5. The summed E-state index contributed by atoms with van der Waals surface area (Å²) < 4.78 is 21.3. The van der Waals surface area contributed by atoms with Gasteiger partial charge in [-0.3, -0.25) is 4.79 Å². The van der Waals surface area contributed by atoms with Crippen LogP contribution >= 0.6 is 0 Å². The number of nitrogens with one attached hydrogen (secondary N) is 1. The number of hydrogen-bond acceptors (Lipinski definition) is 5. The minimum absolute atomic E-state index is 0.139. The summed E-state index contributed by atoms with van der Waals surface area (Å²) in [5, 5.41) is 3.03. The van der Waals surface area contributed by atoms with Crippen molar-refractivity contribution in [2.75, 3.05) is 27.6 Å². The maximum Gasteiger partial charge on any atom is 0.251 e. The van der Waals surface area contributed by atoms with Gasteiger partial charge in [0.15, 0.2) is 23.0 Å². The van der Waals surface area contributed by atoms with Gasteiger partial charge in [-0.1, -0.05) is 19.9 Å². The zero-order chi connectivity index (χ0) is 19.4. The SMILES string of the molecule is COc1ccc(C(CNC(=O)c2ccc3c(c2)OCO3)C(C)C)cc1OC. The van der Waals surface area contributed by atoms with Crippen LogP contribution in [0.2, 0.25) is 0 Å². The Morgan fingerprint density at radius 3 is 2.48 bits per heavy atom. The number of hydrogen-bond donors (Lipinski definition) is 1. The Kier molecular flexibility index (Phi) is 5.74. The van der Waals surface area contributed by atoms with Crippen molar-refractivity contribution in [2.45, 2.75) is 19.8 Å². The maximum atomic E-state index is 12.6. The molecule has 1 aliphatic rings. The van der Waals surface area contributed by atoms with Crippen LogP contribution in [0, 0.1) is 5.92 Å². The fourth-order valence-corrected chi connectivity index (χ4v) is 3.16. The van der Waals surface area contributed by atoms with Crippen molar-refractivity contribution in [3.05, 3.63) is 47.5 Å². The van der Waals surface area contributed by atoms with Gasteiger partial charge in [0.1, 0.15) is 0 Å². The molecule has 1 N–H and O–H groups in total. The number of fused-ring (bicyclic) bond motifs is 1. The van der Waals surface area contributed by atoms with Gasteiger partial charge in [-0.15, -0.1) is 0 Å². The molecule has 6 heteroatoms. The summed E-state index contributed by atoms with van der Waals surface area (Å²) in [6, 6.07) is 11.1. The Morgan fingerprint density at radius 1 is 1.04 bits per heavy atom. The molecule has 3 rings (SSSR count). The van der Waals surface area contributed by atoms with Gasteiger partial charge in [0.25, 0.3) is 5.91 Å². The number of carbonyl (C=O) groups excluding carboxylic acids is 1. The molecule has 1 heterocycles. The van der Waals surface area contributed by atoms with E-state index in [1.54, 1.807) is 32.4 Å². The maximum absolute atomic E-state index is 12.6. The van der Waals surface area contributed by atoms with Gasteiger partial charge < -0.3 is 24.3 Å². The molecule has 2 aromatic carbocycles. The first-order valence-corrected chi connectivity index (χ1v) is 8.93. The highest BCUT2D eigenvalue weighted by Crippen LogP contribution is 2.34. The standard InChI is InChI=1S/C21H25NO5/c1-13(2)16(14-5-7-17(24-3)19(9-14)25-4)11-22-21(23)15-6-8-18-20(10-15)27-12-26-18/h5-10,13,16H,11-12H2,1-4H3,(H,22,23). The second-order valence-electron chi connectivity index (χ2n) is 6.74. The van der Waals surface area contributed by atoms with Gasteiger partial charge in [-0.25, -0.2) is 0 Å². The predicted octanol–water partition coefficient (Wildman–Crippen LogP) is 3.60. The molecule has 0 aliphatic carbocycles. The van der Waals surface area contributed by atoms with E-state index in [0.717, 1.165) is 5.56 Å². The lowest BCUT2D eigenvalue weighted by Gasteiger charge is -2.23. The van der Waals surface area contributed by atoms with E-state index in [0.29, 0.717) is 41.0 Å². The fraction of sp³-hybridized carbons (Fsp3) is 0.381. The van der Waals surface area contributed by atoms with Gasteiger partial charge >= 0.3 is 0 Å². The van der Waals surface area contributed by atoms with E-state index >= 15 is 0 Å². The van der Waals surface area contributed by atoms with E-state index in [1.807, 2.05) is 18.2 Å². The molecule has 0 saturated carbocycles. The summed E-state index contributed by atoms with van der Waals surface area (Å²) in [4.78, 5) is 12.6. The number of methoxy groups -OCH3 is 2. The summed E-state index contributed by atoms with van der Waals surface area (Å²) in [6.07, 6.45) is 0. The minimum Gasteiger partial charge on any atom is -0.493 e. The van der Waals surface area contributed by atoms with Crippen molar-refractivity contribution < 1.29 is 23.7 Å². The molecule has 0 bridgehead atoms. The van der Waals surface area contributed by atoms with Crippen LogP contribution in [0.3, 0.4) is 0 Å². The van der Waals surface area contributed by atoms with Crippen molar-refractivity contribution in [1.82, 2.24) is 5.32 Å². The van der Waals surface area contributed by atoms with Gasteiger partial charge in [0, 0.05) is 18.0 Å². The molecular weight excluding hydrogens is 346 g/mol. The van der Waals surface area contributed by atoms with Gasteiger partial charge in [-0.05, 0) is 41.8 Å². The molecule has 1 unspecified atom stereocenters. The van der Waals surface area contributed by atoms with Crippen molar-refractivity contribution in [3.63, 3.8) is 0 Å².